The van der Waals surface area contributed by atoms with E-state index in [1.807, 2.05) is 6.92 Å². The molecule has 1 amide bonds. The molecule has 3 aromatic rings. The third-order valence-corrected chi connectivity index (χ3v) is 5.11. The van der Waals surface area contributed by atoms with E-state index in [0.717, 1.165) is 18.9 Å². The number of hydrogen-bond donors (Lipinski definition) is 0. The summed E-state index contributed by atoms with van der Waals surface area (Å²) in [6.45, 7) is 4.63. The monoisotopic (exact) mass is 392 g/mol. The lowest BCUT2D eigenvalue weighted by Gasteiger charge is -2.36. The predicted octanol–water partition coefficient (Wildman–Crippen LogP) is 4.27. The van der Waals surface area contributed by atoms with Crippen LogP contribution in [0, 0.1) is 5.92 Å². The summed E-state index contributed by atoms with van der Waals surface area (Å²) in [5.74, 6) is 0.341. The molecule has 0 N–H and O–H groups in total. The fourth-order valence-electron chi connectivity index (χ4n) is 3.69. The van der Waals surface area contributed by atoms with Crippen LogP contribution in [-0.4, -0.2) is 38.0 Å². The summed E-state index contributed by atoms with van der Waals surface area (Å²) in [5, 5.41) is 3.94. The summed E-state index contributed by atoms with van der Waals surface area (Å²) in [5.41, 5.74) is -1.08. The predicted molar refractivity (Wildman–Crippen MR) is 94.6 cm³/mol. The molecule has 0 unspecified atom stereocenters. The molecule has 148 valence electrons. The molecule has 9 heteroatoms. The van der Waals surface area contributed by atoms with Crippen molar-refractivity contribution >= 4 is 11.6 Å². The topological polar surface area (TPSA) is 63.6 Å². The lowest BCUT2D eigenvalue weighted by Crippen LogP contribution is -2.44. The highest BCUT2D eigenvalue weighted by atomic mass is 19.4. The second kappa shape index (κ2) is 6.65. The van der Waals surface area contributed by atoms with E-state index in [2.05, 4.69) is 17.0 Å². The van der Waals surface area contributed by atoms with Crippen LogP contribution < -0.4 is 0 Å². The number of halogens is 3. The lowest BCUT2D eigenvalue weighted by atomic mass is 9.93. The Morgan fingerprint density at radius 1 is 1.29 bits per heavy atom. The van der Waals surface area contributed by atoms with E-state index in [1.165, 1.54) is 18.4 Å². The Kier molecular flexibility index (Phi) is 4.40. The Balaban J connectivity index is 1.78. The van der Waals surface area contributed by atoms with Crippen LogP contribution in [0.1, 0.15) is 42.9 Å². The van der Waals surface area contributed by atoms with E-state index < -0.39 is 11.9 Å². The number of rotatable bonds is 2. The van der Waals surface area contributed by atoms with E-state index in [-0.39, 0.29) is 34.7 Å². The van der Waals surface area contributed by atoms with Crippen molar-refractivity contribution in [3.8, 4) is 11.5 Å². The average molecular weight is 392 g/mol. The van der Waals surface area contributed by atoms with E-state index in [0.29, 0.717) is 17.0 Å². The third-order valence-electron chi connectivity index (χ3n) is 5.11. The molecule has 0 spiro atoms. The number of hydrogen-bond acceptors (Lipinski definition) is 4. The highest BCUT2D eigenvalue weighted by molar-refractivity contribution is 5.93. The van der Waals surface area contributed by atoms with Crippen molar-refractivity contribution in [3.05, 3.63) is 41.9 Å². The maximum Gasteiger partial charge on any atom is 0.433 e. The van der Waals surface area contributed by atoms with Gasteiger partial charge in [0.25, 0.3) is 5.91 Å². The summed E-state index contributed by atoms with van der Waals surface area (Å²) < 4.78 is 46.6. The maximum atomic E-state index is 13.6. The summed E-state index contributed by atoms with van der Waals surface area (Å²) in [6.07, 6.45) is -1.59. The van der Waals surface area contributed by atoms with Gasteiger partial charge in [-0.25, -0.2) is 9.50 Å². The Morgan fingerprint density at radius 3 is 2.71 bits per heavy atom. The molecule has 3 aromatic heterocycles. The Morgan fingerprint density at radius 2 is 2.07 bits per heavy atom. The second-order valence-corrected chi connectivity index (χ2v) is 7.28. The fourth-order valence-corrected chi connectivity index (χ4v) is 3.69. The molecule has 0 aliphatic carbocycles. The number of furan rings is 1. The zero-order valence-corrected chi connectivity index (χ0v) is 15.4. The second-order valence-electron chi connectivity index (χ2n) is 7.28. The standard InChI is InChI=1S/C19H19F3N4O2/c1-11-5-6-25(12(2)8-11)18(27)14-10-17-23-13(15-4-3-7-28-15)9-16(19(20,21)22)26(17)24-14/h3-4,7,9-12H,5-6,8H2,1-2H3/t11-,12+/m1/s1. The van der Waals surface area contributed by atoms with Crippen molar-refractivity contribution in [1.29, 1.82) is 0 Å². The number of piperidine rings is 1. The molecule has 0 bridgehead atoms. The molecule has 28 heavy (non-hydrogen) atoms. The quantitative estimate of drug-likeness (QED) is 0.653. The SMILES string of the molecule is C[C@@H]1CCN(C(=O)c2cc3nc(-c4ccco4)cc(C(F)(F)F)n3n2)[C@@H](C)C1. The van der Waals surface area contributed by atoms with Gasteiger partial charge in [-0.15, -0.1) is 0 Å². The van der Waals surface area contributed by atoms with Gasteiger partial charge in [0.1, 0.15) is 5.69 Å². The van der Waals surface area contributed by atoms with Crippen LogP contribution in [0.2, 0.25) is 0 Å². The van der Waals surface area contributed by atoms with Crippen molar-refractivity contribution in [2.75, 3.05) is 6.54 Å². The molecule has 2 atom stereocenters. The summed E-state index contributed by atoms with van der Waals surface area (Å²) >= 11 is 0. The van der Waals surface area contributed by atoms with Crippen LogP contribution in [0.15, 0.2) is 34.9 Å². The Hall–Kier alpha value is -2.84. The Labute approximate surface area is 159 Å². The van der Waals surface area contributed by atoms with Gasteiger partial charge in [-0.3, -0.25) is 4.79 Å². The van der Waals surface area contributed by atoms with Crippen molar-refractivity contribution in [2.45, 2.75) is 38.9 Å². The first-order valence-corrected chi connectivity index (χ1v) is 9.07. The summed E-state index contributed by atoms with van der Waals surface area (Å²) in [7, 11) is 0. The molecule has 1 aliphatic heterocycles. The number of carbonyl (C=O) groups is 1. The molecule has 4 heterocycles. The highest BCUT2D eigenvalue weighted by Gasteiger charge is 2.36. The number of fused-ring (bicyclic) bond motifs is 1. The van der Waals surface area contributed by atoms with Gasteiger partial charge in [-0.2, -0.15) is 18.3 Å². The minimum atomic E-state index is -4.66. The zero-order chi connectivity index (χ0) is 20.1. The molecular formula is C19H19F3N4O2. The number of likely N-dealkylation sites (tertiary alicyclic amines) is 1. The van der Waals surface area contributed by atoms with Crippen molar-refractivity contribution in [3.63, 3.8) is 0 Å². The van der Waals surface area contributed by atoms with Crippen LogP contribution in [0.4, 0.5) is 13.2 Å². The fraction of sp³-hybridized carbons (Fsp3) is 0.421. The molecule has 0 saturated carbocycles. The van der Waals surface area contributed by atoms with E-state index >= 15 is 0 Å². The normalized spacial score (nSPS) is 20.7. The number of aromatic nitrogens is 3. The van der Waals surface area contributed by atoms with Crippen LogP contribution in [0.3, 0.4) is 0 Å². The van der Waals surface area contributed by atoms with E-state index in [9.17, 15) is 18.0 Å². The number of amides is 1. The van der Waals surface area contributed by atoms with Crippen molar-refractivity contribution in [2.24, 2.45) is 5.92 Å². The van der Waals surface area contributed by atoms with Crippen LogP contribution in [-0.2, 0) is 6.18 Å². The maximum absolute atomic E-state index is 13.6. The van der Waals surface area contributed by atoms with E-state index in [1.54, 1.807) is 11.0 Å². The van der Waals surface area contributed by atoms with Crippen LogP contribution >= 0.6 is 0 Å². The van der Waals surface area contributed by atoms with Gasteiger partial charge in [0.05, 0.1) is 6.26 Å². The first kappa shape index (κ1) is 18.5. The molecule has 4 rings (SSSR count). The minimum absolute atomic E-state index is 0.00906. The molecule has 6 nitrogen and oxygen atoms in total. The van der Waals surface area contributed by atoms with Gasteiger partial charge in [-0.05, 0) is 43.9 Å². The first-order chi connectivity index (χ1) is 13.2. The molecule has 1 fully saturated rings. The lowest BCUT2D eigenvalue weighted by molar-refractivity contribution is -0.142. The number of alkyl halides is 3. The molecule has 1 saturated heterocycles. The van der Waals surface area contributed by atoms with E-state index in [4.69, 9.17) is 4.42 Å². The summed E-state index contributed by atoms with van der Waals surface area (Å²) in [6, 6.07) is 5.28. The van der Waals surface area contributed by atoms with Gasteiger partial charge in [0, 0.05) is 18.7 Å². The largest absolute Gasteiger partial charge is 0.463 e. The van der Waals surface area contributed by atoms with Gasteiger partial charge in [0.2, 0.25) is 0 Å². The number of nitrogens with zero attached hydrogens (tertiary/aromatic N) is 4. The van der Waals surface area contributed by atoms with Crippen LogP contribution in [0.25, 0.3) is 17.1 Å². The summed E-state index contributed by atoms with van der Waals surface area (Å²) in [4.78, 5) is 18.8. The molecule has 0 radical (unpaired) electrons. The molecular weight excluding hydrogens is 373 g/mol. The van der Waals surface area contributed by atoms with Crippen LogP contribution in [0.5, 0.6) is 0 Å². The van der Waals surface area contributed by atoms with Gasteiger partial charge in [0.15, 0.2) is 22.8 Å². The molecule has 1 aliphatic rings. The zero-order valence-electron chi connectivity index (χ0n) is 15.4. The Bertz CT molecular complexity index is 1010. The highest BCUT2D eigenvalue weighted by Crippen LogP contribution is 2.33. The van der Waals surface area contributed by atoms with Gasteiger partial charge >= 0.3 is 6.18 Å². The minimum Gasteiger partial charge on any atom is -0.463 e. The smallest absolute Gasteiger partial charge is 0.433 e. The first-order valence-electron chi connectivity index (χ1n) is 9.07. The average Bonchev–Trinajstić information content (AvgIpc) is 3.29. The molecule has 0 aromatic carbocycles. The van der Waals surface area contributed by atoms with Gasteiger partial charge in [-0.1, -0.05) is 6.92 Å². The third kappa shape index (κ3) is 3.25. The van der Waals surface area contributed by atoms with Gasteiger partial charge < -0.3 is 9.32 Å². The number of carbonyl (C=O) groups excluding carboxylic acids is 1. The van der Waals surface area contributed by atoms with Crippen molar-refractivity contribution in [1.82, 2.24) is 19.5 Å². The van der Waals surface area contributed by atoms with Crippen molar-refractivity contribution < 1.29 is 22.4 Å².